The first-order valence-corrected chi connectivity index (χ1v) is 13.0. The van der Waals surface area contributed by atoms with Crippen molar-refractivity contribution >= 4 is 17.1 Å². The lowest BCUT2D eigenvalue weighted by Crippen LogP contribution is -2.40. The van der Waals surface area contributed by atoms with E-state index in [1.165, 1.54) is 0 Å². The van der Waals surface area contributed by atoms with E-state index < -0.39 is 6.04 Å². The van der Waals surface area contributed by atoms with Gasteiger partial charge in [0, 0.05) is 49.0 Å². The lowest BCUT2D eigenvalue weighted by molar-refractivity contribution is -0.134. The molecule has 1 aliphatic heterocycles. The van der Waals surface area contributed by atoms with Crippen molar-refractivity contribution in [3.63, 3.8) is 0 Å². The van der Waals surface area contributed by atoms with E-state index in [9.17, 15) is 9.90 Å². The molecule has 1 aliphatic rings. The fourth-order valence-corrected chi connectivity index (χ4v) is 5.02. The van der Waals surface area contributed by atoms with Gasteiger partial charge in [0.25, 0.3) is 5.91 Å². The highest BCUT2D eigenvalue weighted by atomic mass is 16.5. The molecule has 4 aromatic rings. The van der Waals surface area contributed by atoms with Crippen LogP contribution in [0, 0.1) is 0 Å². The standard InChI is InChI=1S/C29H33N5O4/c1-37-24-17-22(18-25(20-24)38-16-15-35)31-28(26-19-23-7-4-6-14-34(23)32-26)29(36)33-13-5-2-3-8-27(33)21-9-11-30-12-10-21/h4,6-7,9-12,14,17-20,27-28,31,35H,2-3,5,8,13,15-16H2,1H3. The highest BCUT2D eigenvalue weighted by molar-refractivity contribution is 5.86. The maximum atomic E-state index is 14.4. The number of anilines is 1. The van der Waals surface area contributed by atoms with E-state index in [1.54, 1.807) is 36.2 Å². The summed E-state index contributed by atoms with van der Waals surface area (Å²) in [5.41, 5.74) is 3.27. The zero-order chi connectivity index (χ0) is 26.3. The fourth-order valence-electron chi connectivity index (χ4n) is 5.02. The summed E-state index contributed by atoms with van der Waals surface area (Å²) < 4.78 is 12.9. The quantitative estimate of drug-likeness (QED) is 0.341. The Labute approximate surface area is 222 Å². The number of likely N-dealkylation sites (tertiary alicyclic amines) is 1. The van der Waals surface area contributed by atoms with Gasteiger partial charge in [-0.25, -0.2) is 4.52 Å². The Morgan fingerprint density at radius 2 is 1.95 bits per heavy atom. The number of carbonyl (C=O) groups is 1. The zero-order valence-electron chi connectivity index (χ0n) is 21.5. The van der Waals surface area contributed by atoms with Crippen molar-refractivity contribution in [3.05, 3.63) is 84.4 Å². The molecule has 5 rings (SSSR count). The van der Waals surface area contributed by atoms with Crippen LogP contribution in [0.2, 0.25) is 0 Å². The predicted molar refractivity (Wildman–Crippen MR) is 144 cm³/mol. The van der Waals surface area contributed by atoms with Gasteiger partial charge in [0.05, 0.1) is 31.0 Å². The number of aliphatic hydroxyl groups is 1. The third kappa shape index (κ3) is 5.73. The minimum absolute atomic E-state index is 0.0388. The first-order valence-electron chi connectivity index (χ1n) is 13.0. The SMILES string of the molecule is COc1cc(NC(C(=O)N2CCCCCC2c2ccncc2)c2cc3ccccn3n2)cc(OCCO)c1. The monoisotopic (exact) mass is 515 g/mol. The van der Waals surface area contributed by atoms with Gasteiger partial charge in [0.2, 0.25) is 0 Å². The average molecular weight is 516 g/mol. The maximum Gasteiger partial charge on any atom is 0.251 e. The highest BCUT2D eigenvalue weighted by Gasteiger charge is 2.34. The lowest BCUT2D eigenvalue weighted by atomic mass is 10.0. The number of ether oxygens (including phenoxy) is 2. The number of nitrogens with one attached hydrogen (secondary N) is 1. The molecular formula is C29H33N5O4. The molecule has 198 valence electrons. The highest BCUT2D eigenvalue weighted by Crippen LogP contribution is 2.35. The van der Waals surface area contributed by atoms with Crippen LogP contribution in [-0.2, 0) is 4.79 Å². The van der Waals surface area contributed by atoms with Crippen LogP contribution in [0.25, 0.3) is 5.52 Å². The molecule has 1 amide bonds. The molecule has 0 saturated carbocycles. The summed E-state index contributed by atoms with van der Waals surface area (Å²) in [6, 6.07) is 16.4. The van der Waals surface area contributed by atoms with Gasteiger partial charge in [-0.1, -0.05) is 18.9 Å². The number of aliphatic hydroxyl groups excluding tert-OH is 1. The van der Waals surface area contributed by atoms with Crippen LogP contribution < -0.4 is 14.8 Å². The molecule has 9 heteroatoms. The number of methoxy groups -OCH3 is 1. The third-order valence-corrected chi connectivity index (χ3v) is 6.85. The predicted octanol–water partition coefficient (Wildman–Crippen LogP) is 4.41. The van der Waals surface area contributed by atoms with Crippen LogP contribution in [0.3, 0.4) is 0 Å². The van der Waals surface area contributed by atoms with Crippen LogP contribution in [0.5, 0.6) is 11.5 Å². The van der Waals surface area contributed by atoms with Crippen molar-refractivity contribution in [2.75, 3.05) is 32.2 Å². The molecular weight excluding hydrogens is 482 g/mol. The summed E-state index contributed by atoms with van der Waals surface area (Å²) in [5.74, 6) is 1.07. The lowest BCUT2D eigenvalue weighted by Gasteiger charge is -2.33. The van der Waals surface area contributed by atoms with Crippen LogP contribution in [0.4, 0.5) is 5.69 Å². The van der Waals surface area contributed by atoms with E-state index in [1.807, 2.05) is 53.6 Å². The molecule has 3 aromatic heterocycles. The van der Waals surface area contributed by atoms with E-state index in [4.69, 9.17) is 14.6 Å². The van der Waals surface area contributed by atoms with Crippen LogP contribution >= 0.6 is 0 Å². The number of benzene rings is 1. The van der Waals surface area contributed by atoms with Gasteiger partial charge >= 0.3 is 0 Å². The van der Waals surface area contributed by atoms with Crippen molar-refractivity contribution in [1.82, 2.24) is 19.5 Å². The Morgan fingerprint density at radius 1 is 1.11 bits per heavy atom. The first-order chi connectivity index (χ1) is 18.7. The minimum atomic E-state index is -0.741. The van der Waals surface area contributed by atoms with Crippen LogP contribution in [-0.4, -0.2) is 57.4 Å². The minimum Gasteiger partial charge on any atom is -0.497 e. The Bertz CT molecular complexity index is 1330. The normalized spacial score (nSPS) is 16.6. The smallest absolute Gasteiger partial charge is 0.251 e. The van der Waals surface area contributed by atoms with Crippen molar-refractivity contribution in [1.29, 1.82) is 0 Å². The van der Waals surface area contributed by atoms with Crippen molar-refractivity contribution in [3.8, 4) is 11.5 Å². The Morgan fingerprint density at radius 3 is 2.74 bits per heavy atom. The second-order valence-electron chi connectivity index (χ2n) is 9.36. The number of rotatable bonds is 9. The van der Waals surface area contributed by atoms with E-state index in [0.29, 0.717) is 29.4 Å². The molecule has 0 radical (unpaired) electrons. The summed E-state index contributed by atoms with van der Waals surface area (Å²) in [6.07, 6.45) is 9.42. The fraction of sp³-hybridized carbons (Fsp3) is 0.345. The average Bonchev–Trinajstić information content (AvgIpc) is 3.23. The molecule has 1 saturated heterocycles. The summed E-state index contributed by atoms with van der Waals surface area (Å²) in [6.45, 7) is 0.719. The molecule has 4 heterocycles. The summed E-state index contributed by atoms with van der Waals surface area (Å²) in [5, 5.41) is 17.4. The number of amides is 1. The van der Waals surface area contributed by atoms with Gasteiger partial charge in [-0.05, 0) is 48.7 Å². The molecule has 38 heavy (non-hydrogen) atoms. The van der Waals surface area contributed by atoms with Crippen LogP contribution in [0.15, 0.2) is 73.2 Å². The molecule has 0 spiro atoms. The molecule has 2 N–H and O–H groups in total. The number of hydrogen-bond donors (Lipinski definition) is 2. The first kappa shape index (κ1) is 25.5. The van der Waals surface area contributed by atoms with Gasteiger partial charge in [0.1, 0.15) is 18.1 Å². The molecule has 1 fully saturated rings. The van der Waals surface area contributed by atoms with Gasteiger partial charge in [0.15, 0.2) is 6.04 Å². The van der Waals surface area contributed by atoms with E-state index in [2.05, 4.69) is 10.3 Å². The molecule has 0 bridgehead atoms. The second kappa shape index (κ2) is 12.0. The summed E-state index contributed by atoms with van der Waals surface area (Å²) in [7, 11) is 1.58. The summed E-state index contributed by atoms with van der Waals surface area (Å²) >= 11 is 0. The van der Waals surface area contributed by atoms with Gasteiger partial charge in [-0.2, -0.15) is 5.10 Å². The number of pyridine rings is 2. The summed E-state index contributed by atoms with van der Waals surface area (Å²) in [4.78, 5) is 20.6. The van der Waals surface area contributed by atoms with Gasteiger partial charge in [-0.15, -0.1) is 0 Å². The zero-order valence-corrected chi connectivity index (χ0v) is 21.5. The number of nitrogens with zero attached hydrogens (tertiary/aromatic N) is 4. The third-order valence-electron chi connectivity index (χ3n) is 6.85. The Balaban J connectivity index is 1.54. The number of hydrogen-bond acceptors (Lipinski definition) is 7. The van der Waals surface area contributed by atoms with Crippen molar-refractivity contribution in [2.45, 2.75) is 37.8 Å². The van der Waals surface area contributed by atoms with Gasteiger partial charge in [-0.3, -0.25) is 9.78 Å². The number of fused-ring (bicyclic) bond motifs is 1. The van der Waals surface area contributed by atoms with E-state index in [0.717, 1.165) is 36.8 Å². The Kier molecular flexibility index (Phi) is 8.04. The second-order valence-corrected chi connectivity index (χ2v) is 9.36. The number of carbonyl (C=O) groups excluding carboxylic acids is 1. The Hall–Kier alpha value is -4.11. The maximum absolute atomic E-state index is 14.4. The molecule has 0 aliphatic carbocycles. The molecule has 9 nitrogen and oxygen atoms in total. The van der Waals surface area contributed by atoms with Crippen LogP contribution in [0.1, 0.15) is 49.0 Å². The largest absolute Gasteiger partial charge is 0.497 e. The van der Waals surface area contributed by atoms with Gasteiger partial charge < -0.3 is 24.8 Å². The topological polar surface area (TPSA) is 101 Å². The van der Waals surface area contributed by atoms with E-state index in [-0.39, 0.29) is 25.2 Å². The van der Waals surface area contributed by atoms with Crippen molar-refractivity contribution in [2.24, 2.45) is 0 Å². The number of aromatic nitrogens is 3. The molecule has 2 unspecified atom stereocenters. The van der Waals surface area contributed by atoms with E-state index >= 15 is 0 Å². The molecule has 1 aromatic carbocycles. The van der Waals surface area contributed by atoms with Crippen molar-refractivity contribution < 1.29 is 19.4 Å². The molecule has 2 atom stereocenters.